The summed E-state index contributed by atoms with van der Waals surface area (Å²) in [7, 11) is -3.95. The van der Waals surface area contributed by atoms with Crippen molar-refractivity contribution < 1.29 is 13.5 Å². The molecule has 0 spiro atoms. The van der Waals surface area contributed by atoms with Gasteiger partial charge in [-0.1, -0.05) is 41.9 Å². The van der Waals surface area contributed by atoms with Crippen LogP contribution < -0.4 is 10.5 Å². The molecule has 0 aliphatic heterocycles. The van der Waals surface area contributed by atoms with E-state index in [-0.39, 0.29) is 17.3 Å². The van der Waals surface area contributed by atoms with Gasteiger partial charge in [0.25, 0.3) is 0 Å². The van der Waals surface area contributed by atoms with Gasteiger partial charge in [-0.2, -0.15) is 0 Å². The Morgan fingerprint density at radius 3 is 2.45 bits per heavy atom. The zero-order valence-corrected chi connectivity index (χ0v) is 11.9. The van der Waals surface area contributed by atoms with Crippen LogP contribution in [0.1, 0.15) is 5.56 Å². The number of hydrogen-bond donors (Lipinski definition) is 3. The fraction of sp³-hybridized carbons (Fsp3) is 0.0769. The highest BCUT2D eigenvalue weighted by Crippen LogP contribution is 2.34. The molecule has 2 rings (SSSR count). The van der Waals surface area contributed by atoms with Crippen molar-refractivity contribution >= 4 is 27.3 Å². The van der Waals surface area contributed by atoms with E-state index < -0.39 is 20.7 Å². The molecule has 0 aliphatic carbocycles. The van der Waals surface area contributed by atoms with E-state index in [4.69, 9.17) is 17.3 Å². The number of phenols is 1. The predicted molar refractivity (Wildman–Crippen MR) is 78.0 cm³/mol. The average molecular weight is 313 g/mol. The molecule has 20 heavy (non-hydrogen) atoms. The number of rotatable bonds is 4. The first-order valence-electron chi connectivity index (χ1n) is 5.72. The topological polar surface area (TPSA) is 92.4 Å². The Bertz CT molecular complexity index is 718. The molecule has 0 fully saturated rings. The molecule has 0 unspecified atom stereocenters. The minimum atomic E-state index is -3.95. The first kappa shape index (κ1) is 14.6. The molecule has 0 saturated carbocycles. The van der Waals surface area contributed by atoms with E-state index in [2.05, 4.69) is 4.72 Å². The molecule has 4 N–H and O–H groups in total. The first-order valence-corrected chi connectivity index (χ1v) is 7.58. The van der Waals surface area contributed by atoms with Crippen LogP contribution in [-0.4, -0.2) is 13.5 Å². The van der Waals surface area contributed by atoms with Gasteiger partial charge in [-0.25, -0.2) is 13.1 Å². The fourth-order valence-corrected chi connectivity index (χ4v) is 3.32. The molecule has 0 aliphatic rings. The number of sulfonamides is 1. The van der Waals surface area contributed by atoms with E-state index in [9.17, 15) is 13.5 Å². The number of phenolic OH excluding ortho intramolecular Hbond substituents is 1. The van der Waals surface area contributed by atoms with Gasteiger partial charge in [0.2, 0.25) is 10.0 Å². The summed E-state index contributed by atoms with van der Waals surface area (Å²) in [6.45, 7) is 0.0910. The van der Waals surface area contributed by atoms with Crippen LogP contribution in [0.4, 0.5) is 5.69 Å². The van der Waals surface area contributed by atoms with E-state index in [0.717, 1.165) is 5.56 Å². The van der Waals surface area contributed by atoms with Gasteiger partial charge in [-0.05, 0) is 17.7 Å². The summed E-state index contributed by atoms with van der Waals surface area (Å²) < 4.78 is 26.7. The third-order valence-corrected chi connectivity index (χ3v) is 4.59. The molecule has 106 valence electrons. The molecule has 2 aromatic carbocycles. The molecule has 7 heteroatoms. The van der Waals surface area contributed by atoms with Gasteiger partial charge in [-0.15, -0.1) is 0 Å². The smallest absolute Gasteiger partial charge is 0.246 e. The lowest BCUT2D eigenvalue weighted by Gasteiger charge is -2.11. The van der Waals surface area contributed by atoms with Crippen LogP contribution in [0.15, 0.2) is 47.4 Å². The van der Waals surface area contributed by atoms with E-state index in [1.54, 1.807) is 24.3 Å². The van der Waals surface area contributed by atoms with Crippen LogP contribution >= 0.6 is 11.6 Å². The van der Waals surface area contributed by atoms with E-state index >= 15 is 0 Å². The number of halogens is 1. The van der Waals surface area contributed by atoms with Gasteiger partial charge in [0.15, 0.2) is 5.75 Å². The lowest BCUT2D eigenvalue weighted by Crippen LogP contribution is -2.23. The Balaban J connectivity index is 2.30. The normalized spacial score (nSPS) is 11.4. The molecule has 0 saturated heterocycles. The fourth-order valence-electron chi connectivity index (χ4n) is 1.66. The monoisotopic (exact) mass is 312 g/mol. The van der Waals surface area contributed by atoms with Gasteiger partial charge >= 0.3 is 0 Å². The Labute approximate surface area is 122 Å². The zero-order chi connectivity index (χ0) is 14.8. The molecule has 2 aromatic rings. The Hall–Kier alpha value is -1.76. The lowest BCUT2D eigenvalue weighted by atomic mass is 10.2. The summed E-state index contributed by atoms with van der Waals surface area (Å²) in [4.78, 5) is -0.407. The first-order chi connectivity index (χ1) is 9.42. The third kappa shape index (κ3) is 3.04. The third-order valence-electron chi connectivity index (χ3n) is 2.69. The molecule has 5 nitrogen and oxygen atoms in total. The molecule has 0 radical (unpaired) electrons. The quantitative estimate of drug-likeness (QED) is 0.595. The van der Waals surface area contributed by atoms with E-state index in [1.165, 1.54) is 12.1 Å². The summed E-state index contributed by atoms with van der Waals surface area (Å²) in [5.74, 6) is -0.543. The van der Waals surface area contributed by atoms with Gasteiger partial charge in [0, 0.05) is 6.54 Å². The van der Waals surface area contributed by atoms with Crippen molar-refractivity contribution in [2.24, 2.45) is 0 Å². The minimum Gasteiger partial charge on any atom is -0.504 e. The van der Waals surface area contributed by atoms with Gasteiger partial charge in [-0.3, -0.25) is 0 Å². The summed E-state index contributed by atoms with van der Waals surface area (Å²) in [6, 6.07) is 11.7. The second-order valence-electron chi connectivity index (χ2n) is 4.12. The number of benzene rings is 2. The second kappa shape index (κ2) is 5.70. The van der Waals surface area contributed by atoms with Crippen LogP contribution in [0, 0.1) is 0 Å². The van der Waals surface area contributed by atoms with Crippen molar-refractivity contribution in [3.63, 3.8) is 0 Å². The molecule has 0 aromatic heterocycles. The number of hydrogen-bond acceptors (Lipinski definition) is 4. The van der Waals surface area contributed by atoms with Gasteiger partial charge < -0.3 is 10.8 Å². The molecule has 0 heterocycles. The van der Waals surface area contributed by atoms with Gasteiger partial charge in [0.05, 0.1) is 10.7 Å². The summed E-state index contributed by atoms with van der Waals surface area (Å²) in [5.41, 5.74) is 6.23. The highest BCUT2D eigenvalue weighted by Gasteiger charge is 2.23. The standard InChI is InChI=1S/C13H13ClN2O3S/c14-10-6-7-11(15)12(17)13(10)20(18,19)16-8-9-4-2-1-3-5-9/h1-7,16-17H,8,15H2. The summed E-state index contributed by atoms with van der Waals surface area (Å²) in [6.07, 6.45) is 0. The van der Waals surface area contributed by atoms with Crippen LogP contribution in [0.25, 0.3) is 0 Å². The van der Waals surface area contributed by atoms with Crippen LogP contribution in [0.2, 0.25) is 5.02 Å². The zero-order valence-electron chi connectivity index (χ0n) is 10.4. The van der Waals surface area contributed by atoms with Crippen molar-refractivity contribution in [1.29, 1.82) is 0 Å². The summed E-state index contributed by atoms with van der Waals surface area (Å²) >= 11 is 5.83. The summed E-state index contributed by atoms with van der Waals surface area (Å²) in [5, 5.41) is 9.70. The Morgan fingerprint density at radius 2 is 1.80 bits per heavy atom. The predicted octanol–water partition coefficient (Wildman–Crippen LogP) is 2.11. The SMILES string of the molecule is Nc1ccc(Cl)c(S(=O)(=O)NCc2ccccc2)c1O. The van der Waals surface area contributed by atoms with Crippen LogP contribution in [0.3, 0.4) is 0 Å². The van der Waals surface area contributed by atoms with Crippen molar-refractivity contribution in [2.45, 2.75) is 11.4 Å². The van der Waals surface area contributed by atoms with E-state index in [0.29, 0.717) is 0 Å². The van der Waals surface area contributed by atoms with Crippen molar-refractivity contribution in [1.82, 2.24) is 4.72 Å². The van der Waals surface area contributed by atoms with Gasteiger partial charge in [0.1, 0.15) is 4.90 Å². The number of aromatic hydroxyl groups is 1. The molecule has 0 atom stereocenters. The highest BCUT2D eigenvalue weighted by molar-refractivity contribution is 7.89. The number of nitrogens with one attached hydrogen (secondary N) is 1. The number of nitrogen functional groups attached to an aromatic ring is 1. The van der Waals surface area contributed by atoms with Crippen molar-refractivity contribution in [3.8, 4) is 5.75 Å². The average Bonchev–Trinajstić information content (AvgIpc) is 2.42. The molecular weight excluding hydrogens is 300 g/mol. The molecule has 0 amide bonds. The van der Waals surface area contributed by atoms with Crippen LogP contribution in [-0.2, 0) is 16.6 Å². The number of anilines is 1. The maximum absolute atomic E-state index is 12.2. The number of nitrogens with two attached hydrogens (primary N) is 1. The molecular formula is C13H13ClN2O3S. The van der Waals surface area contributed by atoms with Crippen LogP contribution in [0.5, 0.6) is 5.75 Å². The molecule has 0 bridgehead atoms. The Kier molecular flexibility index (Phi) is 4.17. The van der Waals surface area contributed by atoms with Crippen molar-refractivity contribution in [2.75, 3.05) is 5.73 Å². The highest BCUT2D eigenvalue weighted by atomic mass is 35.5. The van der Waals surface area contributed by atoms with Crippen molar-refractivity contribution in [3.05, 3.63) is 53.1 Å². The van der Waals surface area contributed by atoms with E-state index in [1.807, 2.05) is 6.07 Å². The maximum Gasteiger partial charge on any atom is 0.246 e. The second-order valence-corrected chi connectivity index (χ2v) is 6.24. The minimum absolute atomic E-state index is 0.0468. The lowest BCUT2D eigenvalue weighted by molar-refractivity contribution is 0.460. The largest absolute Gasteiger partial charge is 0.504 e. The Morgan fingerprint density at radius 1 is 1.15 bits per heavy atom. The maximum atomic E-state index is 12.2.